The van der Waals surface area contributed by atoms with E-state index in [9.17, 15) is 14.0 Å². The lowest BCUT2D eigenvalue weighted by molar-refractivity contribution is -0.112. The fourth-order valence-corrected chi connectivity index (χ4v) is 2.79. The van der Waals surface area contributed by atoms with Gasteiger partial charge in [0.15, 0.2) is 6.29 Å². The van der Waals surface area contributed by atoms with Gasteiger partial charge in [0.2, 0.25) is 5.72 Å². The van der Waals surface area contributed by atoms with Gasteiger partial charge in [-0.05, 0) is 19.1 Å². The van der Waals surface area contributed by atoms with E-state index >= 15 is 0 Å². The van der Waals surface area contributed by atoms with Crippen molar-refractivity contribution in [2.24, 2.45) is 0 Å². The van der Waals surface area contributed by atoms with E-state index in [0.29, 0.717) is 34.4 Å². The van der Waals surface area contributed by atoms with Crippen LogP contribution in [0.15, 0.2) is 42.6 Å². The number of carbonyl (C=O) groups excluding carboxylic acids is 2. The molecule has 0 spiro atoms. The molecule has 1 aromatic carbocycles. The molecule has 8 nitrogen and oxygen atoms in total. The summed E-state index contributed by atoms with van der Waals surface area (Å²) in [5, 5.41) is 6.86. The third kappa shape index (κ3) is 5.89. The minimum absolute atomic E-state index is 0.0551. The minimum atomic E-state index is -1.24. The van der Waals surface area contributed by atoms with E-state index in [1.807, 2.05) is 13.8 Å². The highest BCUT2D eigenvalue weighted by atomic mass is 19.1. The molecule has 32 heavy (non-hydrogen) atoms. The van der Waals surface area contributed by atoms with Gasteiger partial charge in [0.1, 0.15) is 24.8 Å². The first-order chi connectivity index (χ1) is 15.4. The number of aldehydes is 1. The average Bonchev–Trinajstić information content (AvgIpc) is 3.48. The van der Waals surface area contributed by atoms with Crippen LogP contribution < -0.4 is 10.1 Å². The van der Waals surface area contributed by atoms with Gasteiger partial charge in [-0.3, -0.25) is 9.59 Å². The first kappa shape index (κ1) is 25.0. The highest BCUT2D eigenvalue weighted by Crippen LogP contribution is 2.25. The molecule has 0 saturated carbocycles. The predicted octanol–water partition coefficient (Wildman–Crippen LogP) is 3.30. The zero-order valence-corrected chi connectivity index (χ0v) is 18.8. The number of rotatable bonds is 6. The Bertz CT molecular complexity index is 1060. The third-order valence-electron chi connectivity index (χ3n) is 4.33. The zero-order chi connectivity index (χ0) is 23.7. The maximum Gasteiger partial charge on any atom is 0.258 e. The quantitative estimate of drug-likeness (QED) is 0.462. The summed E-state index contributed by atoms with van der Waals surface area (Å²) in [5.74, 6) is -0.340. The second kappa shape index (κ2) is 11.4. The van der Waals surface area contributed by atoms with Crippen molar-refractivity contribution in [3.8, 4) is 5.75 Å². The molecular formula is C23H28FN3O5. The number of epoxide rings is 1. The number of hydrogen-bond donors (Lipinski definition) is 1. The topological polar surface area (TPSA) is 94.5 Å². The maximum atomic E-state index is 13.7. The van der Waals surface area contributed by atoms with Crippen LogP contribution >= 0.6 is 0 Å². The number of fused-ring (bicyclic) bond motifs is 1. The van der Waals surface area contributed by atoms with Crippen molar-refractivity contribution < 1.29 is 28.2 Å². The first-order valence-corrected chi connectivity index (χ1v) is 10.1. The average molecular weight is 445 g/mol. The van der Waals surface area contributed by atoms with Crippen molar-refractivity contribution in [3.05, 3.63) is 65.2 Å². The number of carbonyl (C=O) groups is 2. The monoisotopic (exact) mass is 445 g/mol. The van der Waals surface area contributed by atoms with E-state index in [2.05, 4.69) is 15.2 Å². The number of nitrogens with zero attached hydrogens (tertiary/aromatic N) is 2. The van der Waals surface area contributed by atoms with Crippen LogP contribution in [0.4, 0.5) is 4.39 Å². The maximum absolute atomic E-state index is 13.7. The Kier molecular flexibility index (Phi) is 8.86. The van der Waals surface area contributed by atoms with Crippen LogP contribution in [0, 0.1) is 12.7 Å². The SMILES string of the molecule is CC.COC.Cc1nn2ccc(OCc3ccccc3F)cc2c1C(=O)NC1(C=O)CO1. The molecule has 1 aliphatic heterocycles. The van der Waals surface area contributed by atoms with Crippen molar-refractivity contribution in [1.29, 1.82) is 0 Å². The summed E-state index contributed by atoms with van der Waals surface area (Å²) in [6, 6.07) is 9.69. The lowest BCUT2D eigenvalue weighted by Gasteiger charge is -2.09. The summed E-state index contributed by atoms with van der Waals surface area (Å²) in [6.07, 6.45) is 2.22. The van der Waals surface area contributed by atoms with Crippen LogP contribution in [-0.2, 0) is 20.9 Å². The van der Waals surface area contributed by atoms with Gasteiger partial charge in [-0.15, -0.1) is 0 Å². The molecule has 1 saturated heterocycles. The fourth-order valence-electron chi connectivity index (χ4n) is 2.79. The number of benzene rings is 1. The Morgan fingerprint density at radius 2 is 1.97 bits per heavy atom. The zero-order valence-electron chi connectivity index (χ0n) is 18.8. The molecular weight excluding hydrogens is 417 g/mol. The number of amides is 1. The van der Waals surface area contributed by atoms with Gasteiger partial charge in [0.25, 0.3) is 5.91 Å². The number of nitrogens with one attached hydrogen (secondary N) is 1. The van der Waals surface area contributed by atoms with E-state index in [4.69, 9.17) is 9.47 Å². The normalized spacial score (nSPS) is 16.2. The van der Waals surface area contributed by atoms with Crippen molar-refractivity contribution in [2.75, 3.05) is 20.8 Å². The Labute approximate surface area is 186 Å². The molecule has 3 aromatic rings. The summed E-state index contributed by atoms with van der Waals surface area (Å²) in [7, 11) is 3.25. The molecule has 1 aliphatic rings. The van der Waals surface area contributed by atoms with Crippen LogP contribution in [-0.4, -0.2) is 48.4 Å². The Morgan fingerprint density at radius 1 is 1.31 bits per heavy atom. The van der Waals surface area contributed by atoms with Crippen molar-refractivity contribution in [1.82, 2.24) is 14.9 Å². The molecule has 0 radical (unpaired) electrons. The van der Waals surface area contributed by atoms with Gasteiger partial charge in [-0.1, -0.05) is 32.0 Å². The second-order valence-electron chi connectivity index (χ2n) is 6.69. The molecule has 4 rings (SSSR count). The summed E-state index contributed by atoms with van der Waals surface area (Å²) in [4.78, 5) is 23.6. The van der Waals surface area contributed by atoms with E-state index in [1.165, 1.54) is 6.07 Å². The van der Waals surface area contributed by atoms with Gasteiger partial charge < -0.3 is 19.5 Å². The van der Waals surface area contributed by atoms with Gasteiger partial charge in [0.05, 0.1) is 16.8 Å². The largest absolute Gasteiger partial charge is 0.489 e. The standard InChI is InChI=1S/C19H16FN3O4.C2H6O.C2H6/c1-12-17(18(25)21-19(10-24)11-27-19)16-8-14(6-7-23(16)22-12)26-9-13-4-2-3-5-15(13)20;1-3-2;1-2/h2-8,10H,9,11H2,1H3,(H,21,25);1-2H3;1-2H3. The van der Waals surface area contributed by atoms with Crippen LogP contribution in [0.3, 0.4) is 0 Å². The van der Waals surface area contributed by atoms with Crippen LogP contribution in [0.1, 0.15) is 35.5 Å². The Morgan fingerprint density at radius 3 is 2.56 bits per heavy atom. The molecule has 1 N–H and O–H groups in total. The predicted molar refractivity (Wildman–Crippen MR) is 117 cm³/mol. The number of aromatic nitrogens is 2. The van der Waals surface area contributed by atoms with Crippen molar-refractivity contribution >= 4 is 17.7 Å². The summed E-state index contributed by atoms with van der Waals surface area (Å²) < 4.78 is 30.2. The molecule has 1 atom stereocenters. The van der Waals surface area contributed by atoms with E-state index in [1.54, 1.807) is 62.2 Å². The van der Waals surface area contributed by atoms with Crippen molar-refractivity contribution in [3.63, 3.8) is 0 Å². The Balaban J connectivity index is 0.000000671. The van der Waals surface area contributed by atoms with E-state index in [0.717, 1.165) is 0 Å². The molecule has 1 amide bonds. The summed E-state index contributed by atoms with van der Waals surface area (Å²) in [5.41, 5.74) is 0.525. The number of halogens is 1. The van der Waals surface area contributed by atoms with Crippen LogP contribution in [0.25, 0.3) is 5.52 Å². The molecule has 9 heteroatoms. The molecule has 2 aromatic heterocycles. The van der Waals surface area contributed by atoms with Crippen LogP contribution in [0.2, 0.25) is 0 Å². The molecule has 172 valence electrons. The minimum Gasteiger partial charge on any atom is -0.489 e. The van der Waals surface area contributed by atoms with Crippen LogP contribution in [0.5, 0.6) is 5.75 Å². The molecule has 0 bridgehead atoms. The number of hydrogen-bond acceptors (Lipinski definition) is 6. The lowest BCUT2D eigenvalue weighted by Crippen LogP contribution is -2.39. The van der Waals surface area contributed by atoms with Gasteiger partial charge in [-0.25, -0.2) is 8.91 Å². The molecule has 1 unspecified atom stereocenters. The second-order valence-corrected chi connectivity index (χ2v) is 6.69. The van der Waals surface area contributed by atoms with Gasteiger partial charge in [-0.2, -0.15) is 5.10 Å². The molecule has 1 fully saturated rings. The fraction of sp³-hybridized carbons (Fsp3) is 0.348. The Hall–Kier alpha value is -3.30. The van der Waals surface area contributed by atoms with Crippen molar-refractivity contribution in [2.45, 2.75) is 33.1 Å². The van der Waals surface area contributed by atoms with E-state index < -0.39 is 11.6 Å². The smallest absolute Gasteiger partial charge is 0.258 e. The number of aryl methyl sites for hydroxylation is 1. The van der Waals surface area contributed by atoms with Gasteiger partial charge >= 0.3 is 0 Å². The molecule has 3 heterocycles. The lowest BCUT2D eigenvalue weighted by atomic mass is 10.1. The first-order valence-electron chi connectivity index (χ1n) is 10.1. The summed E-state index contributed by atoms with van der Waals surface area (Å²) in [6.45, 7) is 5.90. The highest BCUT2D eigenvalue weighted by molar-refractivity contribution is 6.03. The number of ether oxygens (including phenoxy) is 3. The number of methoxy groups -OCH3 is 1. The van der Waals surface area contributed by atoms with E-state index in [-0.39, 0.29) is 19.0 Å². The molecule has 0 aliphatic carbocycles. The van der Waals surface area contributed by atoms with Gasteiger partial charge in [0, 0.05) is 32.0 Å². The highest BCUT2D eigenvalue weighted by Gasteiger charge is 2.47. The summed E-state index contributed by atoms with van der Waals surface area (Å²) >= 11 is 0. The third-order valence-corrected chi connectivity index (χ3v) is 4.33. The number of pyridine rings is 1.